The van der Waals surface area contributed by atoms with Crippen molar-refractivity contribution in [2.24, 2.45) is 5.73 Å². The van der Waals surface area contributed by atoms with E-state index in [1.54, 1.807) is 7.11 Å². The second kappa shape index (κ2) is 7.25. The maximum Gasteiger partial charge on any atom is 0.0479 e. The van der Waals surface area contributed by atoms with Gasteiger partial charge in [-0.2, -0.15) is 0 Å². The predicted octanol–water partition coefficient (Wildman–Crippen LogP) is 1.66. The summed E-state index contributed by atoms with van der Waals surface area (Å²) in [5.41, 5.74) is 8.22. The van der Waals surface area contributed by atoms with Crippen LogP contribution in [0, 0.1) is 0 Å². The molecule has 16 heavy (non-hydrogen) atoms. The lowest BCUT2D eigenvalue weighted by molar-refractivity contribution is 0.196. The van der Waals surface area contributed by atoms with E-state index in [-0.39, 0.29) is 0 Å². The summed E-state index contributed by atoms with van der Waals surface area (Å²) in [5.74, 6) is 0. The standard InChI is InChI=1S/C13H22N2O/c1-15(10-5-11-16-2)13-7-4-3-6-12(13)8-9-14/h3-4,6-7H,5,8-11,14H2,1-2H3. The molecule has 0 saturated carbocycles. The summed E-state index contributed by atoms with van der Waals surface area (Å²) in [6, 6.07) is 8.44. The van der Waals surface area contributed by atoms with Crippen molar-refractivity contribution in [3.05, 3.63) is 29.8 Å². The number of ether oxygens (including phenoxy) is 1. The number of para-hydroxylation sites is 1. The van der Waals surface area contributed by atoms with Gasteiger partial charge in [0.2, 0.25) is 0 Å². The zero-order chi connectivity index (χ0) is 11.8. The van der Waals surface area contributed by atoms with E-state index in [2.05, 4.69) is 36.2 Å². The number of rotatable bonds is 7. The van der Waals surface area contributed by atoms with Gasteiger partial charge in [-0.25, -0.2) is 0 Å². The Morgan fingerprint density at radius 2 is 2.06 bits per heavy atom. The number of hydrogen-bond donors (Lipinski definition) is 1. The van der Waals surface area contributed by atoms with Crippen LogP contribution in [0.25, 0.3) is 0 Å². The zero-order valence-corrected chi connectivity index (χ0v) is 10.3. The number of benzene rings is 1. The van der Waals surface area contributed by atoms with Gasteiger partial charge in [-0.3, -0.25) is 0 Å². The third-order valence-electron chi connectivity index (χ3n) is 2.66. The minimum Gasteiger partial charge on any atom is -0.385 e. The minimum atomic E-state index is 0.697. The fourth-order valence-electron chi connectivity index (χ4n) is 1.82. The molecule has 3 heteroatoms. The molecule has 0 spiro atoms. The van der Waals surface area contributed by atoms with Crippen LogP contribution in [0.1, 0.15) is 12.0 Å². The summed E-state index contributed by atoms with van der Waals surface area (Å²) in [6.45, 7) is 2.52. The van der Waals surface area contributed by atoms with E-state index in [0.29, 0.717) is 6.54 Å². The van der Waals surface area contributed by atoms with Gasteiger partial charge in [0.1, 0.15) is 0 Å². The Kier molecular flexibility index (Phi) is 5.90. The lowest BCUT2D eigenvalue weighted by Crippen LogP contribution is -2.21. The average molecular weight is 222 g/mol. The molecular weight excluding hydrogens is 200 g/mol. The summed E-state index contributed by atoms with van der Waals surface area (Å²) < 4.78 is 5.06. The molecule has 0 amide bonds. The number of nitrogens with zero attached hydrogens (tertiary/aromatic N) is 1. The molecule has 1 aromatic rings. The molecule has 0 radical (unpaired) electrons. The van der Waals surface area contributed by atoms with Gasteiger partial charge in [0.25, 0.3) is 0 Å². The van der Waals surface area contributed by atoms with Gasteiger partial charge in [-0.1, -0.05) is 18.2 Å². The number of nitrogens with two attached hydrogens (primary N) is 1. The fourth-order valence-corrected chi connectivity index (χ4v) is 1.82. The Hall–Kier alpha value is -1.06. The highest BCUT2D eigenvalue weighted by Crippen LogP contribution is 2.19. The van der Waals surface area contributed by atoms with Crippen LogP contribution >= 0.6 is 0 Å². The quantitative estimate of drug-likeness (QED) is 0.713. The lowest BCUT2D eigenvalue weighted by atomic mass is 10.1. The molecule has 0 saturated heterocycles. The first kappa shape index (κ1) is 13.0. The van der Waals surface area contributed by atoms with Gasteiger partial charge in [-0.05, 0) is 31.0 Å². The second-order valence-electron chi connectivity index (χ2n) is 3.94. The van der Waals surface area contributed by atoms with Crippen molar-refractivity contribution in [2.75, 3.05) is 38.8 Å². The van der Waals surface area contributed by atoms with E-state index in [0.717, 1.165) is 26.0 Å². The van der Waals surface area contributed by atoms with Gasteiger partial charge in [0.05, 0.1) is 0 Å². The maximum atomic E-state index is 5.61. The first-order chi connectivity index (χ1) is 7.79. The Morgan fingerprint density at radius 1 is 1.31 bits per heavy atom. The van der Waals surface area contributed by atoms with Gasteiger partial charge < -0.3 is 15.4 Å². The number of methoxy groups -OCH3 is 1. The van der Waals surface area contributed by atoms with Gasteiger partial charge in [0.15, 0.2) is 0 Å². The molecule has 0 heterocycles. The molecule has 2 N–H and O–H groups in total. The van der Waals surface area contributed by atoms with E-state index >= 15 is 0 Å². The Labute approximate surface area is 98.2 Å². The van der Waals surface area contributed by atoms with Crippen LogP contribution in [-0.4, -0.2) is 33.9 Å². The third-order valence-corrected chi connectivity index (χ3v) is 2.66. The maximum absolute atomic E-state index is 5.61. The predicted molar refractivity (Wildman–Crippen MR) is 69.0 cm³/mol. The van der Waals surface area contributed by atoms with Crippen LogP contribution in [0.2, 0.25) is 0 Å². The smallest absolute Gasteiger partial charge is 0.0479 e. The molecule has 3 nitrogen and oxygen atoms in total. The van der Waals surface area contributed by atoms with E-state index in [9.17, 15) is 0 Å². The second-order valence-corrected chi connectivity index (χ2v) is 3.94. The molecule has 0 unspecified atom stereocenters. The largest absolute Gasteiger partial charge is 0.385 e. The highest BCUT2D eigenvalue weighted by atomic mass is 16.5. The SMILES string of the molecule is COCCCN(C)c1ccccc1CCN. The lowest BCUT2D eigenvalue weighted by Gasteiger charge is -2.22. The molecule has 90 valence electrons. The molecule has 0 bridgehead atoms. The molecule has 0 aliphatic rings. The third kappa shape index (κ3) is 3.83. The summed E-state index contributed by atoms with van der Waals surface area (Å²) in [5, 5.41) is 0. The van der Waals surface area contributed by atoms with Crippen molar-refractivity contribution in [2.45, 2.75) is 12.8 Å². The number of anilines is 1. The topological polar surface area (TPSA) is 38.5 Å². The fraction of sp³-hybridized carbons (Fsp3) is 0.538. The zero-order valence-electron chi connectivity index (χ0n) is 10.3. The van der Waals surface area contributed by atoms with E-state index in [4.69, 9.17) is 10.5 Å². The van der Waals surface area contributed by atoms with Crippen molar-refractivity contribution >= 4 is 5.69 Å². The summed E-state index contributed by atoms with van der Waals surface area (Å²) in [6.07, 6.45) is 1.98. The molecule has 0 fully saturated rings. The molecule has 0 aliphatic carbocycles. The molecule has 0 atom stereocenters. The summed E-state index contributed by atoms with van der Waals surface area (Å²) >= 11 is 0. The first-order valence-corrected chi connectivity index (χ1v) is 5.77. The van der Waals surface area contributed by atoms with Crippen LogP contribution in [0.3, 0.4) is 0 Å². The van der Waals surface area contributed by atoms with Crippen LogP contribution in [0.15, 0.2) is 24.3 Å². The van der Waals surface area contributed by atoms with Crippen LogP contribution < -0.4 is 10.6 Å². The normalized spacial score (nSPS) is 10.4. The Bertz CT molecular complexity index is 302. The molecule has 1 aromatic carbocycles. The molecular formula is C13H22N2O. The van der Waals surface area contributed by atoms with Gasteiger partial charge in [-0.15, -0.1) is 0 Å². The van der Waals surface area contributed by atoms with Gasteiger partial charge >= 0.3 is 0 Å². The first-order valence-electron chi connectivity index (χ1n) is 5.77. The summed E-state index contributed by atoms with van der Waals surface area (Å²) in [7, 11) is 3.85. The molecule has 1 rings (SSSR count). The van der Waals surface area contributed by atoms with Crippen molar-refractivity contribution in [1.29, 1.82) is 0 Å². The minimum absolute atomic E-state index is 0.697. The van der Waals surface area contributed by atoms with Crippen molar-refractivity contribution in [3.8, 4) is 0 Å². The van der Waals surface area contributed by atoms with Gasteiger partial charge in [0, 0.05) is 33.0 Å². The Morgan fingerprint density at radius 3 is 2.75 bits per heavy atom. The highest BCUT2D eigenvalue weighted by molar-refractivity contribution is 5.53. The van der Waals surface area contributed by atoms with Crippen LogP contribution in [0.5, 0.6) is 0 Å². The van der Waals surface area contributed by atoms with Crippen molar-refractivity contribution in [1.82, 2.24) is 0 Å². The summed E-state index contributed by atoms with van der Waals surface area (Å²) in [4.78, 5) is 2.27. The van der Waals surface area contributed by atoms with Crippen molar-refractivity contribution < 1.29 is 4.74 Å². The van der Waals surface area contributed by atoms with Crippen LogP contribution in [0.4, 0.5) is 5.69 Å². The molecule has 0 aromatic heterocycles. The van der Waals surface area contributed by atoms with E-state index in [1.165, 1.54) is 11.3 Å². The highest BCUT2D eigenvalue weighted by Gasteiger charge is 2.05. The average Bonchev–Trinajstić information content (AvgIpc) is 2.30. The number of hydrogen-bond acceptors (Lipinski definition) is 3. The monoisotopic (exact) mass is 222 g/mol. The van der Waals surface area contributed by atoms with E-state index in [1.807, 2.05) is 0 Å². The molecule has 0 aliphatic heterocycles. The van der Waals surface area contributed by atoms with Crippen molar-refractivity contribution in [3.63, 3.8) is 0 Å². The van der Waals surface area contributed by atoms with E-state index < -0.39 is 0 Å². The van der Waals surface area contributed by atoms with Crippen LogP contribution in [-0.2, 0) is 11.2 Å². The Balaban J connectivity index is 2.62.